The molecule has 1 aromatic carbocycles. The van der Waals surface area contributed by atoms with Gasteiger partial charge in [-0.1, -0.05) is 199 Å². The molecule has 0 saturated carbocycles. The summed E-state index contributed by atoms with van der Waals surface area (Å²) in [7, 11) is 0. The SMILES string of the molecule is CCCCCCCCCCCCCCCCCC(=O)N[C@H]1CO[C@H]2OC(COC(=O)CCC(=O)O[C@H](CCCCCCCCCCCCCC)[C@H]1OC(C)=O)[C@H](O)[C@H](C)C2OC(=O)c1ccccc1. The maximum atomic E-state index is 13.9. The molecule has 2 aliphatic rings. The maximum absolute atomic E-state index is 13.9. The lowest BCUT2D eigenvalue weighted by Gasteiger charge is -2.43. The zero-order valence-corrected chi connectivity index (χ0v) is 43.3. The Kier molecular flexibility index (Phi) is 32.3. The highest BCUT2D eigenvalue weighted by Gasteiger charge is 2.47. The quantitative estimate of drug-likeness (QED) is 0.0388. The van der Waals surface area contributed by atoms with Crippen molar-refractivity contribution >= 4 is 29.8 Å². The predicted molar refractivity (Wildman–Crippen MR) is 268 cm³/mol. The number of fused-ring (bicyclic) bond motifs is 2. The molecule has 2 aliphatic heterocycles. The van der Waals surface area contributed by atoms with Crippen LogP contribution in [0.5, 0.6) is 0 Å². The molecule has 0 aromatic heterocycles. The molecular formula is C56H93NO12. The van der Waals surface area contributed by atoms with E-state index in [1.165, 1.54) is 122 Å². The second-order valence-corrected chi connectivity index (χ2v) is 19.8. The van der Waals surface area contributed by atoms with Gasteiger partial charge in [0.2, 0.25) is 5.91 Å². The van der Waals surface area contributed by atoms with Gasteiger partial charge in [0, 0.05) is 19.3 Å². The number of rotatable bonds is 33. The molecule has 2 saturated heterocycles. The van der Waals surface area contributed by atoms with Gasteiger partial charge in [0.25, 0.3) is 0 Å². The van der Waals surface area contributed by atoms with E-state index in [0.29, 0.717) is 19.3 Å². The lowest BCUT2D eigenvalue weighted by Crippen LogP contribution is -2.59. The molecule has 13 heteroatoms. The first-order valence-corrected chi connectivity index (χ1v) is 27.6. The molecule has 1 amide bonds. The summed E-state index contributed by atoms with van der Waals surface area (Å²) in [5, 5.41) is 14.4. The van der Waals surface area contributed by atoms with E-state index in [1.807, 2.05) is 0 Å². The van der Waals surface area contributed by atoms with Crippen LogP contribution in [0.15, 0.2) is 30.3 Å². The van der Waals surface area contributed by atoms with Gasteiger partial charge in [0.15, 0.2) is 18.5 Å². The van der Waals surface area contributed by atoms with Gasteiger partial charge >= 0.3 is 23.9 Å². The van der Waals surface area contributed by atoms with Crippen LogP contribution in [0.1, 0.15) is 237 Å². The first kappa shape index (κ1) is 59.8. The van der Waals surface area contributed by atoms with E-state index >= 15 is 0 Å². The third-order valence-corrected chi connectivity index (χ3v) is 13.7. The number of aliphatic hydroxyl groups is 1. The van der Waals surface area contributed by atoms with Gasteiger partial charge in [-0.2, -0.15) is 0 Å². The van der Waals surface area contributed by atoms with Crippen molar-refractivity contribution in [1.82, 2.24) is 5.32 Å². The number of hydrogen-bond acceptors (Lipinski definition) is 12. The largest absolute Gasteiger partial charge is 0.463 e. The fourth-order valence-electron chi connectivity index (χ4n) is 9.43. The third-order valence-electron chi connectivity index (χ3n) is 13.7. The monoisotopic (exact) mass is 972 g/mol. The molecule has 0 spiro atoms. The summed E-state index contributed by atoms with van der Waals surface area (Å²) >= 11 is 0. The number of benzene rings is 1. The molecular weight excluding hydrogens is 879 g/mol. The third kappa shape index (κ3) is 25.9. The number of unbranched alkanes of at least 4 members (excludes halogenated alkanes) is 25. The number of carbonyl (C=O) groups is 5. The zero-order chi connectivity index (χ0) is 49.9. The smallest absolute Gasteiger partial charge is 0.338 e. The maximum Gasteiger partial charge on any atom is 0.338 e. The topological polar surface area (TPSA) is 173 Å². The fraction of sp³-hybridized carbons (Fsp3) is 0.804. The molecule has 2 fully saturated rings. The number of esters is 4. The number of hydrogen-bond donors (Lipinski definition) is 2. The lowest BCUT2D eigenvalue weighted by atomic mass is 9.90. The Labute approximate surface area is 415 Å². The van der Waals surface area contributed by atoms with Crippen molar-refractivity contribution in [2.24, 2.45) is 5.92 Å². The lowest BCUT2D eigenvalue weighted by molar-refractivity contribution is -0.290. The molecule has 0 radical (unpaired) electrons. The summed E-state index contributed by atoms with van der Waals surface area (Å²) in [4.78, 5) is 66.5. The van der Waals surface area contributed by atoms with Crippen molar-refractivity contribution in [3.63, 3.8) is 0 Å². The molecule has 2 heterocycles. The van der Waals surface area contributed by atoms with Crippen LogP contribution < -0.4 is 5.32 Å². The van der Waals surface area contributed by atoms with Crippen LogP contribution in [-0.2, 0) is 47.6 Å². The number of cyclic esters (lactones) is 2. The van der Waals surface area contributed by atoms with E-state index in [1.54, 1.807) is 37.3 Å². The van der Waals surface area contributed by atoms with Crippen LogP contribution in [0.25, 0.3) is 0 Å². The highest BCUT2D eigenvalue weighted by atomic mass is 16.7. The Morgan fingerprint density at radius 1 is 0.638 bits per heavy atom. The normalized spacial score (nSPS) is 23.5. The van der Waals surface area contributed by atoms with E-state index in [-0.39, 0.29) is 43.9 Å². The van der Waals surface area contributed by atoms with Gasteiger partial charge in [-0.25, -0.2) is 4.79 Å². The van der Waals surface area contributed by atoms with Gasteiger partial charge < -0.3 is 38.8 Å². The second kappa shape index (κ2) is 37.3. The zero-order valence-electron chi connectivity index (χ0n) is 43.3. The minimum atomic E-state index is -1.30. The van der Waals surface area contributed by atoms with Crippen LogP contribution in [0, 0.1) is 5.92 Å². The standard InChI is InChI=1S/C56H93NO12/c1-5-7-9-11-13-15-17-19-20-21-23-25-27-29-34-38-49(59)57-46-41-65-56-53(69-55(63)45-35-31-30-32-36-45)43(3)52(62)48(68-56)42-64-50(60)39-40-51(61)67-47(54(46)66-44(4)58)37-33-28-26-24-22-18-16-14-12-10-8-6-2/h30-32,35-36,43,46-48,52-54,56,62H,5-29,33-34,37-42H2,1-4H3,(H,57,59)/t43-,46-,47+,48?,52+,53?,54-,56-/m0/s1. The van der Waals surface area contributed by atoms with Crippen LogP contribution in [-0.4, -0.2) is 91.0 Å². The molecule has 3 rings (SSSR count). The molecule has 2 N–H and O–H groups in total. The highest BCUT2D eigenvalue weighted by Crippen LogP contribution is 2.31. The fourth-order valence-corrected chi connectivity index (χ4v) is 9.43. The summed E-state index contributed by atoms with van der Waals surface area (Å²) < 4.78 is 36.1. The van der Waals surface area contributed by atoms with Crippen molar-refractivity contribution in [1.29, 1.82) is 0 Å². The summed E-state index contributed by atoms with van der Waals surface area (Å²) in [6, 6.07) is 7.39. The van der Waals surface area contributed by atoms with Crippen LogP contribution in [0.3, 0.4) is 0 Å². The van der Waals surface area contributed by atoms with Crippen molar-refractivity contribution in [2.75, 3.05) is 13.2 Å². The number of aliphatic hydroxyl groups excluding tert-OH is 1. The van der Waals surface area contributed by atoms with Crippen molar-refractivity contribution < 1.29 is 57.5 Å². The molecule has 0 aliphatic carbocycles. The molecule has 2 bridgehead atoms. The van der Waals surface area contributed by atoms with Gasteiger partial charge in [0.1, 0.15) is 18.8 Å². The number of nitrogens with one attached hydrogen (secondary N) is 1. The Morgan fingerprint density at radius 3 is 1.65 bits per heavy atom. The Balaban J connectivity index is 1.74. The summed E-state index contributed by atoms with van der Waals surface area (Å²) in [5.41, 5.74) is 0.286. The first-order valence-electron chi connectivity index (χ1n) is 27.6. The Hall–Kier alpha value is -3.55. The minimum absolute atomic E-state index is 0.229. The summed E-state index contributed by atoms with van der Waals surface area (Å²) in [6.07, 6.45) is 24.8. The average molecular weight is 972 g/mol. The molecule has 8 atom stereocenters. The predicted octanol–water partition coefficient (Wildman–Crippen LogP) is 12.0. The number of carbonyl (C=O) groups excluding carboxylic acids is 5. The number of amides is 1. The van der Waals surface area contributed by atoms with Gasteiger partial charge in [-0.3, -0.25) is 19.2 Å². The second-order valence-electron chi connectivity index (χ2n) is 19.8. The minimum Gasteiger partial charge on any atom is -0.463 e. The Morgan fingerprint density at radius 2 is 1.13 bits per heavy atom. The van der Waals surface area contributed by atoms with E-state index < -0.39 is 72.6 Å². The van der Waals surface area contributed by atoms with E-state index in [2.05, 4.69) is 19.2 Å². The van der Waals surface area contributed by atoms with Crippen LogP contribution >= 0.6 is 0 Å². The summed E-state index contributed by atoms with van der Waals surface area (Å²) in [5.74, 6) is -3.70. The van der Waals surface area contributed by atoms with Gasteiger partial charge in [0.05, 0.1) is 37.2 Å². The van der Waals surface area contributed by atoms with Crippen molar-refractivity contribution in [2.45, 2.75) is 270 Å². The van der Waals surface area contributed by atoms with Gasteiger partial charge in [-0.05, 0) is 31.4 Å². The van der Waals surface area contributed by atoms with Crippen molar-refractivity contribution in [3.05, 3.63) is 35.9 Å². The van der Waals surface area contributed by atoms with Crippen LogP contribution in [0.4, 0.5) is 0 Å². The Bertz CT molecular complexity index is 1540. The van der Waals surface area contributed by atoms with Crippen LogP contribution in [0.2, 0.25) is 0 Å². The molecule has 394 valence electrons. The van der Waals surface area contributed by atoms with E-state index in [0.717, 1.165) is 44.9 Å². The summed E-state index contributed by atoms with van der Waals surface area (Å²) in [6.45, 7) is 6.78. The highest BCUT2D eigenvalue weighted by molar-refractivity contribution is 5.89. The molecule has 2 unspecified atom stereocenters. The van der Waals surface area contributed by atoms with E-state index in [4.69, 9.17) is 28.4 Å². The molecule has 69 heavy (non-hydrogen) atoms. The molecule has 13 nitrogen and oxygen atoms in total. The van der Waals surface area contributed by atoms with Gasteiger partial charge in [-0.15, -0.1) is 0 Å². The van der Waals surface area contributed by atoms with E-state index in [9.17, 15) is 29.1 Å². The first-order chi connectivity index (χ1) is 33.5. The van der Waals surface area contributed by atoms with Crippen molar-refractivity contribution in [3.8, 4) is 0 Å². The molecule has 1 aromatic rings. The number of ether oxygens (including phenoxy) is 6. The average Bonchev–Trinajstić information content (AvgIpc) is 3.34.